The van der Waals surface area contributed by atoms with Gasteiger partial charge in [-0.25, -0.2) is 0 Å². The van der Waals surface area contributed by atoms with E-state index in [1.807, 2.05) is 24.3 Å². The minimum atomic E-state index is 0.198. The van der Waals surface area contributed by atoms with Crippen LogP contribution in [-0.2, 0) is 0 Å². The third-order valence-corrected chi connectivity index (χ3v) is 2.63. The van der Waals surface area contributed by atoms with Gasteiger partial charge in [0.1, 0.15) is 5.75 Å². The fourth-order valence-electron chi connectivity index (χ4n) is 1.43. The van der Waals surface area contributed by atoms with Crippen molar-refractivity contribution in [2.75, 3.05) is 13.2 Å². The van der Waals surface area contributed by atoms with E-state index in [2.05, 4.69) is 26.1 Å². The molecule has 0 unspecified atom stereocenters. The highest BCUT2D eigenvalue weighted by molar-refractivity contribution is 6.32. The smallest absolute Gasteiger partial charge is 0.137 e. The summed E-state index contributed by atoms with van der Waals surface area (Å²) < 4.78 is 5.61. The molecule has 0 bridgehead atoms. The molecule has 96 valence electrons. The summed E-state index contributed by atoms with van der Waals surface area (Å²) in [7, 11) is 0. The molecule has 0 radical (unpaired) electrons. The number of unbranched alkanes of at least 4 members (excludes halogenated alkanes) is 1. The SMILES string of the molecule is CC(C)(C)NCCCCOc1ccccc1Cl. The van der Waals surface area contributed by atoms with Gasteiger partial charge in [-0.1, -0.05) is 23.7 Å². The van der Waals surface area contributed by atoms with Crippen molar-refractivity contribution in [3.63, 3.8) is 0 Å². The third kappa shape index (κ3) is 6.54. The molecule has 0 aliphatic rings. The van der Waals surface area contributed by atoms with Crippen LogP contribution in [0.1, 0.15) is 33.6 Å². The Hall–Kier alpha value is -0.730. The van der Waals surface area contributed by atoms with Gasteiger partial charge >= 0.3 is 0 Å². The Kier molecular flexibility index (Phi) is 5.79. The van der Waals surface area contributed by atoms with Gasteiger partial charge < -0.3 is 10.1 Å². The first kappa shape index (κ1) is 14.3. The first-order chi connectivity index (χ1) is 7.99. The highest BCUT2D eigenvalue weighted by Gasteiger charge is 2.07. The Morgan fingerprint density at radius 3 is 2.53 bits per heavy atom. The second-order valence-corrected chi connectivity index (χ2v) is 5.57. The zero-order valence-electron chi connectivity index (χ0n) is 10.9. The maximum absolute atomic E-state index is 5.99. The standard InChI is InChI=1S/C14H22ClNO/c1-14(2,3)16-10-6-7-11-17-13-9-5-4-8-12(13)15/h4-5,8-9,16H,6-7,10-11H2,1-3H3. The summed E-state index contributed by atoms with van der Waals surface area (Å²) in [4.78, 5) is 0. The lowest BCUT2D eigenvalue weighted by Crippen LogP contribution is -2.36. The maximum atomic E-state index is 5.99. The molecule has 0 saturated heterocycles. The molecule has 3 heteroatoms. The van der Waals surface area contributed by atoms with E-state index in [4.69, 9.17) is 16.3 Å². The van der Waals surface area contributed by atoms with Crippen LogP contribution in [0, 0.1) is 0 Å². The highest BCUT2D eigenvalue weighted by Crippen LogP contribution is 2.23. The van der Waals surface area contributed by atoms with E-state index >= 15 is 0 Å². The van der Waals surface area contributed by atoms with Crippen LogP contribution in [0.2, 0.25) is 5.02 Å². The van der Waals surface area contributed by atoms with Gasteiger partial charge in [-0.3, -0.25) is 0 Å². The van der Waals surface area contributed by atoms with Crippen LogP contribution in [0.4, 0.5) is 0 Å². The summed E-state index contributed by atoms with van der Waals surface area (Å²) in [6, 6.07) is 7.58. The van der Waals surface area contributed by atoms with Crippen LogP contribution in [-0.4, -0.2) is 18.7 Å². The molecule has 0 aliphatic heterocycles. The molecule has 0 heterocycles. The molecule has 0 fully saturated rings. The van der Waals surface area contributed by atoms with Gasteiger partial charge in [-0.15, -0.1) is 0 Å². The molecule has 0 amide bonds. The normalized spacial score (nSPS) is 11.5. The number of para-hydroxylation sites is 1. The van der Waals surface area contributed by atoms with Gasteiger partial charge in [-0.2, -0.15) is 0 Å². The Balaban J connectivity index is 2.11. The van der Waals surface area contributed by atoms with E-state index in [0.717, 1.165) is 31.7 Å². The van der Waals surface area contributed by atoms with E-state index in [9.17, 15) is 0 Å². The van der Waals surface area contributed by atoms with Gasteiger partial charge in [0.25, 0.3) is 0 Å². The molecular formula is C14H22ClNO. The molecule has 1 aromatic carbocycles. The maximum Gasteiger partial charge on any atom is 0.137 e. The first-order valence-corrected chi connectivity index (χ1v) is 6.49. The zero-order chi connectivity index (χ0) is 12.7. The summed E-state index contributed by atoms with van der Waals surface area (Å²) in [5, 5.41) is 4.13. The van der Waals surface area contributed by atoms with Crippen molar-refractivity contribution in [2.24, 2.45) is 0 Å². The third-order valence-electron chi connectivity index (χ3n) is 2.32. The molecule has 0 aromatic heterocycles. The highest BCUT2D eigenvalue weighted by atomic mass is 35.5. The average Bonchev–Trinajstić information content (AvgIpc) is 2.24. The lowest BCUT2D eigenvalue weighted by molar-refractivity contribution is 0.301. The molecule has 0 aliphatic carbocycles. The molecule has 1 N–H and O–H groups in total. The number of hydrogen-bond acceptors (Lipinski definition) is 2. The van der Waals surface area contributed by atoms with Crippen LogP contribution in [0.3, 0.4) is 0 Å². The van der Waals surface area contributed by atoms with Crippen LogP contribution < -0.4 is 10.1 Å². The number of halogens is 1. The van der Waals surface area contributed by atoms with Crippen molar-refractivity contribution in [2.45, 2.75) is 39.2 Å². The molecule has 0 saturated carbocycles. The fourth-order valence-corrected chi connectivity index (χ4v) is 1.62. The van der Waals surface area contributed by atoms with Gasteiger partial charge in [0.15, 0.2) is 0 Å². The monoisotopic (exact) mass is 255 g/mol. The van der Waals surface area contributed by atoms with Gasteiger partial charge in [0, 0.05) is 5.54 Å². The predicted molar refractivity (Wildman–Crippen MR) is 73.9 cm³/mol. The average molecular weight is 256 g/mol. The molecule has 2 nitrogen and oxygen atoms in total. The predicted octanol–water partition coefficient (Wildman–Crippen LogP) is 3.89. The minimum absolute atomic E-state index is 0.198. The van der Waals surface area contributed by atoms with E-state index in [1.54, 1.807) is 0 Å². The van der Waals surface area contributed by atoms with Crippen LogP contribution >= 0.6 is 11.6 Å². The molecule has 17 heavy (non-hydrogen) atoms. The van der Waals surface area contributed by atoms with Crippen molar-refractivity contribution in [3.8, 4) is 5.75 Å². The van der Waals surface area contributed by atoms with E-state index in [0.29, 0.717) is 5.02 Å². The van der Waals surface area contributed by atoms with Crippen LogP contribution in [0.15, 0.2) is 24.3 Å². The number of rotatable bonds is 6. The summed E-state index contributed by atoms with van der Waals surface area (Å²) in [5.41, 5.74) is 0.198. The second-order valence-electron chi connectivity index (χ2n) is 5.16. The van der Waals surface area contributed by atoms with Crippen molar-refractivity contribution in [3.05, 3.63) is 29.3 Å². The topological polar surface area (TPSA) is 21.3 Å². The second kappa shape index (κ2) is 6.87. The number of benzene rings is 1. The fraction of sp³-hybridized carbons (Fsp3) is 0.571. The lowest BCUT2D eigenvalue weighted by atomic mass is 10.1. The largest absolute Gasteiger partial charge is 0.492 e. The summed E-state index contributed by atoms with van der Waals surface area (Å²) in [6.07, 6.45) is 2.15. The molecule has 1 rings (SSSR count). The molecule has 0 spiro atoms. The number of nitrogens with one attached hydrogen (secondary N) is 1. The Labute approximate surface area is 109 Å². The molecule has 1 aromatic rings. The van der Waals surface area contributed by atoms with E-state index in [-0.39, 0.29) is 5.54 Å². The van der Waals surface area contributed by atoms with Crippen molar-refractivity contribution in [1.82, 2.24) is 5.32 Å². The van der Waals surface area contributed by atoms with Crippen molar-refractivity contribution in [1.29, 1.82) is 0 Å². The van der Waals surface area contributed by atoms with E-state index < -0.39 is 0 Å². The van der Waals surface area contributed by atoms with E-state index in [1.165, 1.54) is 0 Å². The minimum Gasteiger partial charge on any atom is -0.492 e. The summed E-state index contributed by atoms with van der Waals surface area (Å²) in [6.45, 7) is 8.26. The number of ether oxygens (including phenoxy) is 1. The quantitative estimate of drug-likeness (QED) is 0.779. The lowest BCUT2D eigenvalue weighted by Gasteiger charge is -2.20. The van der Waals surface area contributed by atoms with Crippen LogP contribution in [0.25, 0.3) is 0 Å². The Morgan fingerprint density at radius 1 is 1.18 bits per heavy atom. The molecule has 0 atom stereocenters. The molecular weight excluding hydrogens is 234 g/mol. The van der Waals surface area contributed by atoms with Gasteiger partial charge in [-0.05, 0) is 52.3 Å². The number of hydrogen-bond donors (Lipinski definition) is 1. The Bertz CT molecular complexity index is 333. The van der Waals surface area contributed by atoms with Crippen molar-refractivity contribution >= 4 is 11.6 Å². The first-order valence-electron chi connectivity index (χ1n) is 6.11. The Morgan fingerprint density at radius 2 is 1.88 bits per heavy atom. The van der Waals surface area contributed by atoms with Gasteiger partial charge in [0.2, 0.25) is 0 Å². The summed E-state index contributed by atoms with van der Waals surface area (Å²) >= 11 is 5.99. The van der Waals surface area contributed by atoms with Gasteiger partial charge in [0.05, 0.1) is 11.6 Å². The zero-order valence-corrected chi connectivity index (χ0v) is 11.7. The summed E-state index contributed by atoms with van der Waals surface area (Å²) in [5.74, 6) is 0.776. The van der Waals surface area contributed by atoms with Crippen LogP contribution in [0.5, 0.6) is 5.75 Å². The van der Waals surface area contributed by atoms with Crippen molar-refractivity contribution < 1.29 is 4.74 Å².